The molecule has 17 heavy (non-hydrogen) atoms. The van der Waals surface area contributed by atoms with Gasteiger partial charge >= 0.3 is 0 Å². The monoisotopic (exact) mass is 231 g/mol. The van der Waals surface area contributed by atoms with Crippen LogP contribution >= 0.6 is 0 Å². The number of nitrogens with two attached hydrogens (primary N) is 1. The Kier molecular flexibility index (Phi) is 2.08. The van der Waals surface area contributed by atoms with E-state index in [0.717, 1.165) is 17.0 Å². The molecule has 0 saturated carbocycles. The standard InChI is InChI=1S/C10H13N7/c1-5(6(2)11)9-15-16-10-7-8(13-3-12-7)14-4-17(9)10/h3-6H,11H2,1-2H3,(H,12,13). The largest absolute Gasteiger partial charge is 0.340 e. The molecule has 2 unspecified atom stereocenters. The molecule has 0 aliphatic rings. The minimum Gasteiger partial charge on any atom is -0.340 e. The molecular formula is C10H13N7. The van der Waals surface area contributed by atoms with Crippen molar-refractivity contribution in [1.29, 1.82) is 0 Å². The Bertz CT molecular complexity index is 665. The first-order chi connectivity index (χ1) is 8.18. The van der Waals surface area contributed by atoms with Gasteiger partial charge in [0.25, 0.3) is 0 Å². The van der Waals surface area contributed by atoms with Crippen LogP contribution in [-0.4, -0.2) is 35.6 Å². The van der Waals surface area contributed by atoms with Crippen molar-refractivity contribution in [2.24, 2.45) is 5.73 Å². The zero-order valence-corrected chi connectivity index (χ0v) is 9.62. The molecule has 2 atom stereocenters. The lowest BCUT2D eigenvalue weighted by atomic mass is 10.0. The van der Waals surface area contributed by atoms with Crippen LogP contribution in [0.3, 0.4) is 0 Å². The number of nitrogens with zero attached hydrogens (tertiary/aromatic N) is 5. The minimum absolute atomic E-state index is 0.0138. The summed E-state index contributed by atoms with van der Waals surface area (Å²) in [6.07, 6.45) is 3.29. The Morgan fingerprint density at radius 2 is 2.12 bits per heavy atom. The first-order valence-electron chi connectivity index (χ1n) is 5.46. The van der Waals surface area contributed by atoms with Crippen molar-refractivity contribution in [2.45, 2.75) is 25.8 Å². The fourth-order valence-corrected chi connectivity index (χ4v) is 1.80. The van der Waals surface area contributed by atoms with E-state index in [2.05, 4.69) is 25.1 Å². The molecule has 7 heteroatoms. The highest BCUT2D eigenvalue weighted by Gasteiger charge is 2.18. The lowest BCUT2D eigenvalue weighted by molar-refractivity contribution is 0.575. The second-order valence-electron chi connectivity index (χ2n) is 4.25. The third kappa shape index (κ3) is 1.39. The first kappa shape index (κ1) is 10.2. The third-order valence-corrected chi connectivity index (χ3v) is 3.06. The van der Waals surface area contributed by atoms with E-state index in [1.807, 2.05) is 18.2 Å². The van der Waals surface area contributed by atoms with Crippen LogP contribution in [0.15, 0.2) is 12.7 Å². The van der Waals surface area contributed by atoms with Gasteiger partial charge in [0, 0.05) is 12.0 Å². The van der Waals surface area contributed by atoms with E-state index in [1.54, 1.807) is 12.7 Å². The van der Waals surface area contributed by atoms with Crippen LogP contribution in [0.25, 0.3) is 16.8 Å². The van der Waals surface area contributed by atoms with Crippen LogP contribution in [0, 0.1) is 0 Å². The molecule has 0 radical (unpaired) electrons. The second kappa shape index (κ2) is 3.49. The van der Waals surface area contributed by atoms with Gasteiger partial charge in [-0.2, -0.15) is 0 Å². The van der Waals surface area contributed by atoms with E-state index < -0.39 is 0 Å². The number of hydrogen-bond donors (Lipinski definition) is 2. The molecule has 0 aliphatic heterocycles. The summed E-state index contributed by atoms with van der Waals surface area (Å²) in [5.41, 5.74) is 8.06. The maximum absolute atomic E-state index is 5.89. The number of fused-ring (bicyclic) bond motifs is 3. The van der Waals surface area contributed by atoms with Gasteiger partial charge in [-0.1, -0.05) is 6.92 Å². The molecule has 3 aromatic rings. The van der Waals surface area contributed by atoms with Crippen LogP contribution in [0.1, 0.15) is 25.6 Å². The number of aromatic nitrogens is 6. The van der Waals surface area contributed by atoms with E-state index in [4.69, 9.17) is 5.73 Å². The van der Waals surface area contributed by atoms with Gasteiger partial charge in [-0.3, -0.25) is 4.40 Å². The van der Waals surface area contributed by atoms with Gasteiger partial charge in [-0.05, 0) is 6.92 Å². The van der Waals surface area contributed by atoms with Gasteiger partial charge in [0.05, 0.1) is 6.33 Å². The normalized spacial score (nSPS) is 15.5. The predicted octanol–water partition coefficient (Wildman–Crippen LogP) is 0.451. The summed E-state index contributed by atoms with van der Waals surface area (Å²) in [7, 11) is 0. The highest BCUT2D eigenvalue weighted by Crippen LogP contribution is 2.19. The van der Waals surface area contributed by atoms with Gasteiger partial charge < -0.3 is 10.7 Å². The molecule has 0 fully saturated rings. The molecule has 0 aromatic carbocycles. The summed E-state index contributed by atoms with van der Waals surface area (Å²) >= 11 is 0. The molecule has 3 heterocycles. The molecule has 3 aromatic heterocycles. The summed E-state index contributed by atoms with van der Waals surface area (Å²) in [6, 6.07) is 0.0138. The average Bonchev–Trinajstić information content (AvgIpc) is 2.92. The van der Waals surface area contributed by atoms with Crippen molar-refractivity contribution < 1.29 is 0 Å². The number of aromatic amines is 1. The summed E-state index contributed by atoms with van der Waals surface area (Å²) in [6.45, 7) is 3.98. The zero-order chi connectivity index (χ0) is 12.0. The van der Waals surface area contributed by atoms with Crippen LogP contribution in [0.2, 0.25) is 0 Å². The average molecular weight is 231 g/mol. The van der Waals surface area contributed by atoms with Crippen LogP contribution in [-0.2, 0) is 0 Å². The van der Waals surface area contributed by atoms with Crippen molar-refractivity contribution in [3.05, 3.63) is 18.5 Å². The van der Waals surface area contributed by atoms with E-state index in [1.165, 1.54) is 0 Å². The number of rotatable bonds is 2. The van der Waals surface area contributed by atoms with Gasteiger partial charge in [0.2, 0.25) is 0 Å². The van der Waals surface area contributed by atoms with E-state index in [0.29, 0.717) is 5.65 Å². The third-order valence-electron chi connectivity index (χ3n) is 3.06. The summed E-state index contributed by atoms with van der Waals surface area (Å²) in [5, 5.41) is 8.36. The number of nitrogens with one attached hydrogen (secondary N) is 1. The summed E-state index contributed by atoms with van der Waals surface area (Å²) < 4.78 is 1.86. The van der Waals surface area contributed by atoms with Crippen LogP contribution in [0.4, 0.5) is 0 Å². The number of hydrogen-bond acceptors (Lipinski definition) is 5. The lowest BCUT2D eigenvalue weighted by Crippen LogP contribution is -2.24. The summed E-state index contributed by atoms with van der Waals surface area (Å²) in [4.78, 5) is 11.3. The lowest BCUT2D eigenvalue weighted by Gasteiger charge is -2.12. The van der Waals surface area contributed by atoms with Crippen molar-refractivity contribution in [2.75, 3.05) is 0 Å². The van der Waals surface area contributed by atoms with E-state index in [-0.39, 0.29) is 12.0 Å². The quantitative estimate of drug-likeness (QED) is 0.667. The van der Waals surface area contributed by atoms with Crippen molar-refractivity contribution in [3.63, 3.8) is 0 Å². The zero-order valence-electron chi connectivity index (χ0n) is 9.62. The molecule has 3 rings (SSSR count). The van der Waals surface area contributed by atoms with Crippen LogP contribution in [0.5, 0.6) is 0 Å². The molecular weight excluding hydrogens is 218 g/mol. The number of imidazole rings is 1. The Labute approximate surface area is 97.1 Å². The fourth-order valence-electron chi connectivity index (χ4n) is 1.80. The smallest absolute Gasteiger partial charge is 0.189 e. The highest BCUT2D eigenvalue weighted by molar-refractivity contribution is 5.84. The second-order valence-corrected chi connectivity index (χ2v) is 4.25. The van der Waals surface area contributed by atoms with Gasteiger partial charge in [-0.15, -0.1) is 10.2 Å². The topological polar surface area (TPSA) is 97.8 Å². The maximum Gasteiger partial charge on any atom is 0.189 e. The van der Waals surface area contributed by atoms with Gasteiger partial charge in [0.1, 0.15) is 17.7 Å². The number of H-pyrrole nitrogens is 1. The Morgan fingerprint density at radius 1 is 1.29 bits per heavy atom. The molecule has 0 bridgehead atoms. The molecule has 0 saturated heterocycles. The Morgan fingerprint density at radius 3 is 2.88 bits per heavy atom. The van der Waals surface area contributed by atoms with E-state index in [9.17, 15) is 0 Å². The molecule has 7 nitrogen and oxygen atoms in total. The minimum atomic E-state index is 0.0138. The molecule has 88 valence electrons. The van der Waals surface area contributed by atoms with Gasteiger partial charge in [-0.25, -0.2) is 9.97 Å². The fraction of sp³-hybridized carbons (Fsp3) is 0.400. The Hall–Kier alpha value is -2.02. The van der Waals surface area contributed by atoms with Crippen LogP contribution < -0.4 is 5.73 Å². The molecule has 0 amide bonds. The Balaban J connectivity index is 2.28. The van der Waals surface area contributed by atoms with Crippen molar-refractivity contribution in [3.8, 4) is 0 Å². The molecule has 0 aliphatic carbocycles. The van der Waals surface area contributed by atoms with Crippen molar-refractivity contribution in [1.82, 2.24) is 29.5 Å². The molecule has 0 spiro atoms. The van der Waals surface area contributed by atoms with E-state index >= 15 is 0 Å². The molecule has 3 N–H and O–H groups in total. The predicted molar refractivity (Wildman–Crippen MR) is 62.5 cm³/mol. The highest BCUT2D eigenvalue weighted by atomic mass is 15.3. The summed E-state index contributed by atoms with van der Waals surface area (Å²) in [5.74, 6) is 0.936. The van der Waals surface area contributed by atoms with Crippen molar-refractivity contribution >= 4 is 16.8 Å². The first-order valence-corrected chi connectivity index (χ1v) is 5.46. The maximum atomic E-state index is 5.89. The van der Waals surface area contributed by atoms with Gasteiger partial charge in [0.15, 0.2) is 11.3 Å². The SMILES string of the molecule is CC(N)C(C)c1nnc2c3[nH]cnc3ncn12.